The van der Waals surface area contributed by atoms with Gasteiger partial charge in [-0.05, 0) is 54.3 Å². The summed E-state index contributed by atoms with van der Waals surface area (Å²) >= 11 is 0. The fourth-order valence-corrected chi connectivity index (χ4v) is 5.16. The van der Waals surface area contributed by atoms with Crippen LogP contribution in [-0.4, -0.2) is 24.3 Å². The zero-order valence-corrected chi connectivity index (χ0v) is 20.6. The second kappa shape index (κ2) is 9.43. The number of hydrogen-bond acceptors (Lipinski definition) is 6. The molecule has 5 rings (SSSR count). The van der Waals surface area contributed by atoms with Gasteiger partial charge in [-0.1, -0.05) is 48.5 Å². The summed E-state index contributed by atoms with van der Waals surface area (Å²) in [5, 5.41) is 2.86. The van der Waals surface area contributed by atoms with Crippen LogP contribution in [0.15, 0.2) is 77.7 Å². The van der Waals surface area contributed by atoms with Crippen LogP contribution < -0.4 is 14.8 Å². The SMILES string of the molecule is Cc1cccc(C)c1-c1cc2nc(n1)NS(=O)(=O)c1cccc(c1)C(=O)NCc1ccccc1CO2. The molecule has 0 aliphatic carbocycles. The van der Waals surface area contributed by atoms with Crippen LogP contribution in [0.1, 0.15) is 32.6 Å². The number of nitrogens with one attached hydrogen (secondary N) is 2. The number of nitrogens with zero attached hydrogens (tertiary/aromatic N) is 2. The summed E-state index contributed by atoms with van der Waals surface area (Å²) < 4.78 is 34.9. The fourth-order valence-electron chi connectivity index (χ4n) is 4.17. The van der Waals surface area contributed by atoms with Crippen molar-refractivity contribution in [2.24, 2.45) is 0 Å². The molecule has 1 aliphatic heterocycles. The van der Waals surface area contributed by atoms with Crippen LogP contribution in [0, 0.1) is 13.8 Å². The lowest BCUT2D eigenvalue weighted by Crippen LogP contribution is -2.24. The van der Waals surface area contributed by atoms with Crippen molar-refractivity contribution >= 4 is 21.9 Å². The number of hydrogen-bond donors (Lipinski definition) is 2. The number of sulfonamides is 1. The maximum absolute atomic E-state index is 13.2. The Morgan fingerprint density at radius 1 is 0.861 bits per heavy atom. The van der Waals surface area contributed by atoms with Gasteiger partial charge in [-0.3, -0.25) is 4.79 Å². The molecule has 0 spiro atoms. The highest BCUT2D eigenvalue weighted by Gasteiger charge is 2.21. The Hall–Kier alpha value is -4.24. The van der Waals surface area contributed by atoms with Crippen LogP contribution >= 0.6 is 0 Å². The van der Waals surface area contributed by atoms with E-state index >= 15 is 0 Å². The highest BCUT2D eigenvalue weighted by molar-refractivity contribution is 7.92. The van der Waals surface area contributed by atoms with Gasteiger partial charge in [0.15, 0.2) is 0 Å². The molecule has 0 saturated carbocycles. The van der Waals surface area contributed by atoms with Crippen LogP contribution in [0.4, 0.5) is 5.95 Å². The molecule has 182 valence electrons. The van der Waals surface area contributed by atoms with Crippen molar-refractivity contribution in [1.29, 1.82) is 0 Å². The first-order valence-corrected chi connectivity index (χ1v) is 12.8. The van der Waals surface area contributed by atoms with E-state index in [1.54, 1.807) is 12.1 Å². The molecule has 0 radical (unpaired) electrons. The first kappa shape index (κ1) is 23.5. The zero-order chi connectivity index (χ0) is 25.3. The first-order chi connectivity index (χ1) is 17.3. The molecule has 3 aromatic carbocycles. The van der Waals surface area contributed by atoms with Crippen LogP contribution in [0.5, 0.6) is 5.88 Å². The van der Waals surface area contributed by atoms with E-state index in [9.17, 15) is 13.2 Å². The second-order valence-corrected chi connectivity index (χ2v) is 10.2. The van der Waals surface area contributed by atoms with Gasteiger partial charge in [-0.2, -0.15) is 4.98 Å². The Labute approximate surface area is 209 Å². The lowest BCUT2D eigenvalue weighted by atomic mass is 10.00. The third kappa shape index (κ3) is 4.78. The topological polar surface area (TPSA) is 110 Å². The van der Waals surface area contributed by atoms with E-state index in [-0.39, 0.29) is 41.3 Å². The molecule has 0 saturated heterocycles. The number of anilines is 1. The largest absolute Gasteiger partial charge is 0.473 e. The van der Waals surface area contributed by atoms with Gasteiger partial charge in [0.25, 0.3) is 15.9 Å². The summed E-state index contributed by atoms with van der Waals surface area (Å²) in [4.78, 5) is 21.6. The number of aromatic nitrogens is 2. The van der Waals surface area contributed by atoms with Crippen molar-refractivity contribution < 1.29 is 17.9 Å². The standard InChI is InChI=1S/C27H24N4O4S/c1-17-7-5-8-18(2)25(17)23-14-24-30-27(29-23)31-36(33,34)22-12-6-11-19(13-22)26(32)28-15-20-9-3-4-10-21(20)16-35-24/h3-14H,15-16H2,1-2H3,(H,28,32)(H,29,30,31). The molecule has 1 aromatic heterocycles. The molecule has 2 heterocycles. The Kier molecular flexibility index (Phi) is 6.15. The number of amides is 1. The minimum Gasteiger partial charge on any atom is -0.473 e. The highest BCUT2D eigenvalue weighted by atomic mass is 32.2. The lowest BCUT2D eigenvalue weighted by molar-refractivity contribution is 0.0950. The highest BCUT2D eigenvalue weighted by Crippen LogP contribution is 2.30. The van der Waals surface area contributed by atoms with E-state index in [0.717, 1.165) is 27.8 Å². The van der Waals surface area contributed by atoms with Gasteiger partial charge < -0.3 is 10.1 Å². The van der Waals surface area contributed by atoms with Gasteiger partial charge in [-0.25, -0.2) is 18.1 Å². The molecule has 1 amide bonds. The van der Waals surface area contributed by atoms with Gasteiger partial charge in [0, 0.05) is 23.7 Å². The molecular weight excluding hydrogens is 476 g/mol. The minimum absolute atomic E-state index is 0.0750. The maximum Gasteiger partial charge on any atom is 0.264 e. The van der Waals surface area contributed by atoms with Gasteiger partial charge in [0.05, 0.1) is 10.6 Å². The van der Waals surface area contributed by atoms with Crippen molar-refractivity contribution in [3.05, 3.63) is 101 Å². The zero-order valence-electron chi connectivity index (χ0n) is 19.8. The molecule has 4 bridgehead atoms. The first-order valence-electron chi connectivity index (χ1n) is 11.4. The number of rotatable bonds is 1. The number of ether oxygens (including phenoxy) is 1. The number of aryl methyl sites for hydroxylation is 2. The van der Waals surface area contributed by atoms with Crippen LogP contribution in [0.3, 0.4) is 0 Å². The van der Waals surface area contributed by atoms with Crippen LogP contribution in [-0.2, 0) is 23.2 Å². The Bertz CT molecular complexity index is 1560. The van der Waals surface area contributed by atoms with Gasteiger partial charge in [0.2, 0.25) is 11.8 Å². The van der Waals surface area contributed by atoms with Crippen molar-refractivity contribution in [3.63, 3.8) is 0 Å². The second-order valence-electron chi connectivity index (χ2n) is 8.56. The van der Waals surface area contributed by atoms with Gasteiger partial charge in [-0.15, -0.1) is 0 Å². The van der Waals surface area contributed by atoms with Crippen molar-refractivity contribution in [2.75, 3.05) is 4.72 Å². The quantitative estimate of drug-likeness (QED) is 0.401. The van der Waals surface area contributed by atoms with Gasteiger partial charge in [0.1, 0.15) is 6.61 Å². The summed E-state index contributed by atoms with van der Waals surface area (Å²) in [6, 6.07) is 21.0. The molecule has 0 atom stereocenters. The third-order valence-corrected chi connectivity index (χ3v) is 7.33. The molecule has 8 nitrogen and oxygen atoms in total. The molecule has 4 aromatic rings. The van der Waals surface area contributed by atoms with E-state index < -0.39 is 10.0 Å². The number of carbonyl (C=O) groups excluding carboxylic acids is 1. The summed E-state index contributed by atoms with van der Waals surface area (Å²) in [7, 11) is -4.08. The number of carbonyl (C=O) groups is 1. The molecule has 2 N–H and O–H groups in total. The summed E-state index contributed by atoms with van der Waals surface area (Å²) in [6.45, 7) is 4.37. The summed E-state index contributed by atoms with van der Waals surface area (Å²) in [5.41, 5.74) is 5.37. The summed E-state index contributed by atoms with van der Waals surface area (Å²) in [5.74, 6) is -0.280. The Balaban J connectivity index is 1.67. The number of fused-ring (bicyclic) bond motifs is 5. The van der Waals surface area contributed by atoms with E-state index in [4.69, 9.17) is 4.74 Å². The van der Waals surface area contributed by atoms with Crippen LogP contribution in [0.25, 0.3) is 11.3 Å². The van der Waals surface area contributed by atoms with Crippen molar-refractivity contribution in [3.8, 4) is 17.1 Å². The molecule has 0 fully saturated rings. The third-order valence-electron chi connectivity index (χ3n) is 6.01. The molecule has 1 aliphatic rings. The van der Waals surface area contributed by atoms with Crippen molar-refractivity contribution in [2.45, 2.75) is 31.9 Å². The smallest absolute Gasteiger partial charge is 0.264 e. The average molecular weight is 501 g/mol. The molecule has 9 heteroatoms. The number of benzene rings is 3. The summed E-state index contributed by atoms with van der Waals surface area (Å²) in [6.07, 6.45) is 0. The van der Waals surface area contributed by atoms with E-state index in [1.165, 1.54) is 18.2 Å². The van der Waals surface area contributed by atoms with E-state index in [1.807, 2.05) is 56.3 Å². The average Bonchev–Trinajstić information content (AvgIpc) is 2.86. The lowest BCUT2D eigenvalue weighted by Gasteiger charge is -2.14. The monoisotopic (exact) mass is 500 g/mol. The van der Waals surface area contributed by atoms with E-state index in [0.29, 0.717) is 5.69 Å². The minimum atomic E-state index is -4.08. The maximum atomic E-state index is 13.2. The van der Waals surface area contributed by atoms with Gasteiger partial charge >= 0.3 is 0 Å². The predicted molar refractivity (Wildman–Crippen MR) is 136 cm³/mol. The Morgan fingerprint density at radius 2 is 1.58 bits per heavy atom. The normalized spacial score (nSPS) is 14.8. The fraction of sp³-hybridized carbons (Fsp3) is 0.148. The van der Waals surface area contributed by atoms with Crippen molar-refractivity contribution in [1.82, 2.24) is 15.3 Å². The molecular formula is C27H24N4O4S. The Morgan fingerprint density at radius 3 is 2.36 bits per heavy atom. The molecule has 36 heavy (non-hydrogen) atoms. The van der Waals surface area contributed by atoms with E-state index in [2.05, 4.69) is 20.0 Å². The predicted octanol–water partition coefficient (Wildman–Crippen LogP) is 4.38. The van der Waals surface area contributed by atoms with Crippen LogP contribution in [0.2, 0.25) is 0 Å². The molecule has 0 unspecified atom stereocenters.